The van der Waals surface area contributed by atoms with Crippen molar-refractivity contribution in [3.8, 4) is 0 Å². The Balaban J connectivity index is 1.55. The number of nitrogens with zero attached hydrogens (tertiary/aromatic N) is 1. The van der Waals surface area contributed by atoms with Crippen LogP contribution in [0.15, 0.2) is 42.5 Å². The lowest BCUT2D eigenvalue weighted by atomic mass is 10.1. The highest BCUT2D eigenvalue weighted by atomic mass is 35.5. The summed E-state index contributed by atoms with van der Waals surface area (Å²) < 4.78 is 5.05. The summed E-state index contributed by atoms with van der Waals surface area (Å²) >= 11 is 18.0. The summed E-state index contributed by atoms with van der Waals surface area (Å²) in [6.45, 7) is -0.360. The minimum absolute atomic E-state index is 0.00814. The number of amides is 2. The lowest BCUT2D eigenvalue weighted by Crippen LogP contribution is -2.28. The molecule has 1 fully saturated rings. The molecule has 0 bridgehead atoms. The van der Waals surface area contributed by atoms with E-state index in [1.807, 2.05) is 0 Å². The van der Waals surface area contributed by atoms with Crippen LogP contribution in [0.25, 0.3) is 0 Å². The fourth-order valence-corrected chi connectivity index (χ4v) is 3.38. The quantitative estimate of drug-likeness (QED) is 0.706. The first-order chi connectivity index (χ1) is 13.3. The van der Waals surface area contributed by atoms with Gasteiger partial charge < -0.3 is 15.0 Å². The van der Waals surface area contributed by atoms with Crippen LogP contribution >= 0.6 is 34.8 Å². The Kier molecular flexibility index (Phi) is 6.44. The fraction of sp³-hybridized carbons (Fsp3) is 0.211. The van der Waals surface area contributed by atoms with Gasteiger partial charge in [0.2, 0.25) is 5.91 Å². The molecule has 0 unspecified atom stereocenters. The van der Waals surface area contributed by atoms with Crippen LogP contribution in [0, 0.1) is 5.92 Å². The van der Waals surface area contributed by atoms with Crippen molar-refractivity contribution < 1.29 is 19.1 Å². The van der Waals surface area contributed by atoms with Gasteiger partial charge in [0.25, 0.3) is 5.91 Å². The lowest BCUT2D eigenvalue weighted by Gasteiger charge is -2.17. The van der Waals surface area contributed by atoms with Gasteiger partial charge in [-0.3, -0.25) is 14.4 Å². The molecule has 9 heteroatoms. The standard InChI is InChI=1S/C19H15Cl3N2O4/c20-12-5-6-13(21)15(8-12)23-17(25)10-28-19(27)11-7-18(26)24(9-11)16-4-2-1-3-14(16)22/h1-6,8,11H,7,9-10H2,(H,23,25)/t11-/m0/s1. The van der Waals surface area contributed by atoms with Gasteiger partial charge in [-0.25, -0.2) is 0 Å². The van der Waals surface area contributed by atoms with Crippen molar-refractivity contribution in [1.29, 1.82) is 0 Å². The Morgan fingerprint density at radius 1 is 1.11 bits per heavy atom. The van der Waals surface area contributed by atoms with Gasteiger partial charge in [0.1, 0.15) is 0 Å². The molecule has 2 aromatic carbocycles. The minimum atomic E-state index is -0.675. The minimum Gasteiger partial charge on any atom is -0.455 e. The highest BCUT2D eigenvalue weighted by Gasteiger charge is 2.37. The number of para-hydroxylation sites is 1. The number of anilines is 2. The average molecular weight is 442 g/mol. The average Bonchev–Trinajstić information content (AvgIpc) is 3.05. The summed E-state index contributed by atoms with van der Waals surface area (Å²) in [4.78, 5) is 38.0. The molecule has 1 aliphatic heterocycles. The zero-order valence-corrected chi connectivity index (χ0v) is 16.7. The second-order valence-electron chi connectivity index (χ2n) is 6.14. The number of hydrogen-bond donors (Lipinski definition) is 1. The summed E-state index contributed by atoms with van der Waals surface area (Å²) in [6, 6.07) is 11.5. The zero-order valence-electron chi connectivity index (χ0n) is 14.5. The molecule has 0 saturated carbocycles. The maximum Gasteiger partial charge on any atom is 0.311 e. The van der Waals surface area contributed by atoms with Crippen LogP contribution in [0.1, 0.15) is 6.42 Å². The van der Waals surface area contributed by atoms with Crippen LogP contribution < -0.4 is 10.2 Å². The number of halogens is 3. The largest absolute Gasteiger partial charge is 0.455 e. The summed E-state index contributed by atoms with van der Waals surface area (Å²) in [7, 11) is 0. The van der Waals surface area contributed by atoms with Gasteiger partial charge >= 0.3 is 5.97 Å². The first kappa shape index (κ1) is 20.5. The van der Waals surface area contributed by atoms with Gasteiger partial charge in [-0.15, -0.1) is 0 Å². The SMILES string of the molecule is O=C(COC(=O)[C@H]1CC(=O)N(c2ccccc2Cl)C1)Nc1cc(Cl)ccc1Cl. The molecule has 0 aromatic heterocycles. The highest BCUT2D eigenvalue weighted by molar-refractivity contribution is 6.35. The number of ether oxygens (including phenoxy) is 1. The Labute approximate surface area is 176 Å². The Hall–Kier alpha value is -2.28. The molecule has 1 heterocycles. The highest BCUT2D eigenvalue weighted by Crippen LogP contribution is 2.31. The first-order valence-electron chi connectivity index (χ1n) is 8.31. The number of nitrogens with one attached hydrogen (secondary N) is 1. The molecule has 1 N–H and O–H groups in total. The number of carbonyl (C=O) groups excluding carboxylic acids is 3. The summed E-state index contributed by atoms with van der Waals surface area (Å²) in [6.07, 6.45) is -0.00814. The second kappa shape index (κ2) is 8.82. The maximum atomic E-state index is 12.3. The molecule has 0 spiro atoms. The van der Waals surface area contributed by atoms with Crippen LogP contribution in [0.5, 0.6) is 0 Å². The third-order valence-corrected chi connectivity index (χ3v) is 5.03. The number of rotatable bonds is 5. The number of benzene rings is 2. The normalized spacial score (nSPS) is 16.2. The molecule has 146 valence electrons. The van der Waals surface area contributed by atoms with E-state index in [-0.39, 0.29) is 18.9 Å². The predicted octanol–water partition coefficient (Wildman–Crippen LogP) is 4.18. The van der Waals surface area contributed by atoms with E-state index in [1.165, 1.54) is 11.0 Å². The number of esters is 1. The van der Waals surface area contributed by atoms with Gasteiger partial charge in [0, 0.05) is 18.0 Å². The molecule has 1 saturated heterocycles. The van der Waals surface area contributed by atoms with Gasteiger partial charge in [-0.2, -0.15) is 0 Å². The van der Waals surface area contributed by atoms with E-state index in [2.05, 4.69) is 5.32 Å². The first-order valence-corrected chi connectivity index (χ1v) is 9.45. The Morgan fingerprint density at radius 3 is 2.61 bits per heavy atom. The molecular formula is C19H15Cl3N2O4. The van der Waals surface area contributed by atoms with E-state index in [9.17, 15) is 14.4 Å². The summed E-state index contributed by atoms with van der Waals surface area (Å²) in [5, 5.41) is 3.65. The second-order valence-corrected chi connectivity index (χ2v) is 7.39. The van der Waals surface area contributed by atoms with Gasteiger partial charge in [0.05, 0.1) is 27.3 Å². The third kappa shape index (κ3) is 4.76. The van der Waals surface area contributed by atoms with E-state index >= 15 is 0 Å². The molecule has 3 rings (SSSR count). The number of carbonyl (C=O) groups is 3. The van der Waals surface area contributed by atoms with E-state index in [1.54, 1.807) is 36.4 Å². The molecule has 2 amide bonds. The zero-order chi connectivity index (χ0) is 20.3. The van der Waals surface area contributed by atoms with Crippen molar-refractivity contribution in [1.82, 2.24) is 0 Å². The van der Waals surface area contributed by atoms with E-state index < -0.39 is 24.4 Å². The molecule has 6 nitrogen and oxygen atoms in total. The number of hydrogen-bond acceptors (Lipinski definition) is 4. The third-order valence-electron chi connectivity index (χ3n) is 4.15. The van der Waals surface area contributed by atoms with Crippen molar-refractivity contribution in [2.24, 2.45) is 5.92 Å². The van der Waals surface area contributed by atoms with Gasteiger partial charge in [0.15, 0.2) is 6.61 Å². The van der Waals surface area contributed by atoms with Gasteiger partial charge in [-0.1, -0.05) is 46.9 Å². The van der Waals surface area contributed by atoms with E-state index in [4.69, 9.17) is 39.5 Å². The van der Waals surface area contributed by atoms with Gasteiger partial charge in [-0.05, 0) is 30.3 Å². The Morgan fingerprint density at radius 2 is 1.86 bits per heavy atom. The van der Waals surface area contributed by atoms with Crippen LogP contribution in [0.4, 0.5) is 11.4 Å². The molecule has 28 heavy (non-hydrogen) atoms. The molecular weight excluding hydrogens is 427 g/mol. The van der Waals surface area contributed by atoms with E-state index in [0.717, 1.165) is 0 Å². The fourth-order valence-electron chi connectivity index (χ4n) is 2.80. The molecule has 0 aliphatic carbocycles. The van der Waals surface area contributed by atoms with Crippen molar-refractivity contribution in [2.75, 3.05) is 23.4 Å². The summed E-state index contributed by atoms with van der Waals surface area (Å²) in [5.74, 6) is -2.10. The Bertz CT molecular complexity index is 935. The van der Waals surface area contributed by atoms with Crippen LogP contribution in [0.3, 0.4) is 0 Å². The molecule has 0 radical (unpaired) electrons. The van der Waals surface area contributed by atoms with Crippen LogP contribution in [-0.4, -0.2) is 30.9 Å². The molecule has 1 aliphatic rings. The van der Waals surface area contributed by atoms with Crippen LogP contribution in [0.2, 0.25) is 15.1 Å². The predicted molar refractivity (Wildman–Crippen MR) is 108 cm³/mol. The lowest BCUT2D eigenvalue weighted by molar-refractivity contribution is -0.151. The van der Waals surface area contributed by atoms with Crippen molar-refractivity contribution in [3.63, 3.8) is 0 Å². The molecule has 2 aromatic rings. The van der Waals surface area contributed by atoms with Crippen molar-refractivity contribution >= 4 is 64.0 Å². The smallest absolute Gasteiger partial charge is 0.311 e. The maximum absolute atomic E-state index is 12.3. The monoisotopic (exact) mass is 440 g/mol. The molecule has 1 atom stereocenters. The summed E-state index contributed by atoms with van der Waals surface area (Å²) in [5.41, 5.74) is 0.856. The topological polar surface area (TPSA) is 75.7 Å². The van der Waals surface area contributed by atoms with Crippen LogP contribution in [-0.2, 0) is 19.1 Å². The van der Waals surface area contributed by atoms with Crippen molar-refractivity contribution in [3.05, 3.63) is 57.5 Å². The van der Waals surface area contributed by atoms with Crippen molar-refractivity contribution in [2.45, 2.75) is 6.42 Å². The van der Waals surface area contributed by atoms with E-state index in [0.29, 0.717) is 26.4 Å².